The number of benzene rings is 2. The highest BCUT2D eigenvalue weighted by Crippen LogP contribution is 2.49. The summed E-state index contributed by atoms with van der Waals surface area (Å²) in [5.41, 5.74) is -10.8. The number of hydrogen-bond acceptors (Lipinski definition) is 16. The molecule has 0 atom stereocenters. The molecule has 37 heavy (non-hydrogen) atoms. The molecule has 0 aromatic heterocycles. The number of rotatable bonds is 12. The topological polar surface area (TPSA) is 314 Å². The lowest BCUT2D eigenvalue weighted by atomic mass is 10.1. The quantitative estimate of drug-likeness (QED) is 0.282. The van der Waals surface area contributed by atoms with Gasteiger partial charge in [0.15, 0.2) is 11.4 Å². The van der Waals surface area contributed by atoms with Gasteiger partial charge in [-0.15, -0.1) is 10.1 Å². The van der Waals surface area contributed by atoms with Crippen LogP contribution in [-0.4, -0.2) is 47.8 Å². The van der Waals surface area contributed by atoms with Gasteiger partial charge in [-0.2, -0.15) is 0 Å². The summed E-state index contributed by atoms with van der Waals surface area (Å²) in [4.78, 5) is 75.8. The monoisotopic (exact) mass is 528 g/mol. The van der Waals surface area contributed by atoms with Gasteiger partial charge in [0.2, 0.25) is 0 Å². The summed E-state index contributed by atoms with van der Waals surface area (Å²) in [7, 11) is 0. The van der Waals surface area contributed by atoms with E-state index in [1.807, 2.05) is 0 Å². The Morgan fingerprint density at radius 3 is 1.05 bits per heavy atom. The van der Waals surface area contributed by atoms with E-state index < -0.39 is 93.3 Å². The number of non-ortho nitro benzene ring substituents is 2. The van der Waals surface area contributed by atoms with Crippen molar-refractivity contribution in [3.63, 3.8) is 0 Å². The van der Waals surface area contributed by atoms with Crippen LogP contribution in [0, 0.1) is 70.8 Å². The summed E-state index contributed by atoms with van der Waals surface area (Å²) >= 11 is 0. The molecule has 0 N–H and O–H groups in total. The molecule has 2 aromatic carbocycles. The molecular formula is C14H8N8O15. The molecule has 0 radical (unpaired) electrons. The van der Waals surface area contributed by atoms with E-state index in [0.29, 0.717) is 0 Å². The molecule has 0 aliphatic rings. The third-order valence-corrected chi connectivity index (χ3v) is 4.37. The fourth-order valence-corrected chi connectivity index (χ4v) is 3.04. The summed E-state index contributed by atoms with van der Waals surface area (Å²) < 4.78 is 0. The Morgan fingerprint density at radius 2 is 0.838 bits per heavy atom. The Labute approximate surface area is 199 Å². The van der Waals surface area contributed by atoms with Crippen LogP contribution in [0.15, 0.2) is 24.3 Å². The number of nitro groups is 6. The number of nitrogens with zero attached hydrogens (tertiary/aromatic N) is 8. The Morgan fingerprint density at radius 1 is 0.541 bits per heavy atom. The Bertz CT molecular complexity index is 1210. The van der Waals surface area contributed by atoms with Crippen molar-refractivity contribution in [2.45, 2.75) is 0 Å². The van der Waals surface area contributed by atoms with Crippen molar-refractivity contribution in [2.75, 3.05) is 18.1 Å². The van der Waals surface area contributed by atoms with Crippen molar-refractivity contribution in [1.29, 1.82) is 0 Å². The Kier molecular flexibility index (Phi) is 7.62. The minimum Gasteiger partial charge on any atom is -0.317 e. The molecule has 0 heterocycles. The molecule has 0 saturated heterocycles. The third kappa shape index (κ3) is 5.67. The molecule has 0 fully saturated rings. The predicted molar refractivity (Wildman–Crippen MR) is 113 cm³/mol. The van der Waals surface area contributed by atoms with Gasteiger partial charge in [0.05, 0.1) is 53.8 Å². The molecule has 0 amide bonds. The van der Waals surface area contributed by atoms with Crippen molar-refractivity contribution < 1.29 is 39.5 Å². The van der Waals surface area contributed by atoms with Crippen molar-refractivity contribution in [2.24, 2.45) is 0 Å². The van der Waals surface area contributed by atoms with Crippen LogP contribution in [0.1, 0.15) is 0 Å². The zero-order chi connectivity index (χ0) is 28.2. The lowest BCUT2D eigenvalue weighted by molar-refractivity contribution is -0.757. The second-order valence-electron chi connectivity index (χ2n) is 6.42. The minimum absolute atomic E-state index is 0.142. The van der Waals surface area contributed by atoms with Crippen molar-refractivity contribution >= 4 is 45.5 Å². The van der Waals surface area contributed by atoms with E-state index in [1.165, 1.54) is 0 Å². The lowest BCUT2D eigenvalue weighted by Gasteiger charge is -2.23. The zero-order valence-electron chi connectivity index (χ0n) is 17.4. The number of hydrogen-bond donors (Lipinski definition) is 0. The largest absolute Gasteiger partial charge is 0.317 e. The van der Waals surface area contributed by atoms with Crippen LogP contribution in [0.2, 0.25) is 0 Å². The molecule has 23 heteroatoms. The first kappa shape index (κ1) is 27.1. The maximum absolute atomic E-state index is 11.7. The van der Waals surface area contributed by atoms with Gasteiger partial charge in [-0.1, -0.05) is 0 Å². The van der Waals surface area contributed by atoms with Crippen LogP contribution < -0.4 is 4.90 Å². The molecule has 2 aromatic rings. The highest BCUT2D eigenvalue weighted by Gasteiger charge is 2.41. The predicted octanol–water partition coefficient (Wildman–Crippen LogP) is 2.48. The maximum atomic E-state index is 11.7. The van der Waals surface area contributed by atoms with E-state index in [4.69, 9.17) is 0 Å². The second-order valence-corrected chi connectivity index (χ2v) is 6.42. The van der Waals surface area contributed by atoms with Crippen LogP contribution in [0.3, 0.4) is 0 Å². The summed E-state index contributed by atoms with van der Waals surface area (Å²) in [5, 5.41) is 78.3. The first-order valence-corrected chi connectivity index (χ1v) is 8.94. The van der Waals surface area contributed by atoms with E-state index >= 15 is 0 Å². The molecule has 0 spiro atoms. The van der Waals surface area contributed by atoms with Crippen molar-refractivity contribution in [3.05, 3.63) is 95.1 Å². The summed E-state index contributed by atoms with van der Waals surface area (Å²) in [5.74, 6) is 0. The van der Waals surface area contributed by atoms with E-state index in [2.05, 4.69) is 4.84 Å². The first-order valence-electron chi connectivity index (χ1n) is 8.94. The number of anilines is 2. The van der Waals surface area contributed by atoms with Gasteiger partial charge in [0.25, 0.3) is 16.5 Å². The molecule has 2 rings (SSSR count). The molecular weight excluding hydrogens is 520 g/mol. The van der Waals surface area contributed by atoms with E-state index in [0.717, 1.165) is 0 Å². The van der Waals surface area contributed by atoms with Gasteiger partial charge >= 0.3 is 22.7 Å². The highest BCUT2D eigenvalue weighted by atomic mass is 16.9. The van der Waals surface area contributed by atoms with Crippen LogP contribution >= 0.6 is 0 Å². The third-order valence-electron chi connectivity index (χ3n) is 4.37. The summed E-state index contributed by atoms with van der Waals surface area (Å²) in [6.45, 7) is -2.30. The number of nitro benzene ring substituents is 6. The molecule has 0 aliphatic heterocycles. The molecule has 194 valence electrons. The van der Waals surface area contributed by atoms with E-state index in [9.17, 15) is 70.8 Å². The molecule has 23 nitrogen and oxygen atoms in total. The maximum Gasteiger partial charge on any atom is 0.306 e. The first-order chi connectivity index (χ1) is 17.2. The standard InChI is InChI=1S/C14H8N8O15/c23-16(24)7-3-9(18(27)28)13(10(4-7)19(29)30)15(1-2-37-22(35)36)14-11(20(31)32)5-8(17(25)26)6-12(14)21(33)34/h3-6H,1-2H2. The van der Waals surface area contributed by atoms with Crippen LogP contribution in [-0.2, 0) is 4.84 Å². The van der Waals surface area contributed by atoms with E-state index in [-0.39, 0.29) is 29.2 Å². The average molecular weight is 528 g/mol. The molecule has 0 aliphatic carbocycles. The van der Waals surface area contributed by atoms with Gasteiger partial charge in [0, 0.05) is 6.54 Å². The smallest absolute Gasteiger partial charge is 0.306 e. The highest BCUT2D eigenvalue weighted by molar-refractivity contribution is 5.90. The summed E-state index contributed by atoms with van der Waals surface area (Å²) in [6.07, 6.45) is 0. The van der Waals surface area contributed by atoms with Crippen LogP contribution in [0.4, 0.5) is 45.5 Å². The fourth-order valence-electron chi connectivity index (χ4n) is 3.04. The SMILES string of the molecule is O=[N+]([O-])OCCN(c1c([N+](=O)[O-])cc([N+](=O)[O-])cc1[N+](=O)[O-])c1c([N+](=O)[O-])cc([N+](=O)[O-])cc1[N+](=O)[O-]. The van der Waals surface area contributed by atoms with Gasteiger partial charge in [-0.25, -0.2) is 0 Å². The zero-order valence-corrected chi connectivity index (χ0v) is 17.4. The summed E-state index contributed by atoms with van der Waals surface area (Å²) in [6, 6.07) is 0.805. The lowest BCUT2D eigenvalue weighted by Crippen LogP contribution is -2.27. The van der Waals surface area contributed by atoms with Gasteiger partial charge < -0.3 is 9.74 Å². The van der Waals surface area contributed by atoms with Crippen molar-refractivity contribution in [1.82, 2.24) is 0 Å². The van der Waals surface area contributed by atoms with Gasteiger partial charge in [-0.05, 0) is 0 Å². The second kappa shape index (κ2) is 10.4. The van der Waals surface area contributed by atoms with Gasteiger partial charge in [-0.3, -0.25) is 60.7 Å². The van der Waals surface area contributed by atoms with Crippen molar-refractivity contribution in [3.8, 4) is 0 Å². The Balaban J connectivity index is 3.13. The average Bonchev–Trinajstić information content (AvgIpc) is 2.79. The van der Waals surface area contributed by atoms with Crippen LogP contribution in [0.25, 0.3) is 0 Å². The molecule has 0 saturated carbocycles. The van der Waals surface area contributed by atoms with Crippen LogP contribution in [0.5, 0.6) is 0 Å². The Hall–Kier alpha value is -6.16. The normalized spacial score (nSPS) is 10.3. The fraction of sp³-hybridized carbons (Fsp3) is 0.143. The molecule has 0 bridgehead atoms. The minimum atomic E-state index is -1.45. The van der Waals surface area contributed by atoms with E-state index in [1.54, 1.807) is 0 Å². The van der Waals surface area contributed by atoms with Gasteiger partial charge in [0.1, 0.15) is 6.61 Å². The molecule has 0 unspecified atom stereocenters.